The van der Waals surface area contributed by atoms with Crippen LogP contribution in [0.3, 0.4) is 0 Å². The maximum Gasteiger partial charge on any atom is 0.223 e. The molecule has 1 saturated carbocycles. The van der Waals surface area contributed by atoms with Gasteiger partial charge >= 0.3 is 0 Å². The van der Waals surface area contributed by atoms with E-state index in [1.807, 2.05) is 42.1 Å². The van der Waals surface area contributed by atoms with Gasteiger partial charge in [-0.1, -0.05) is 37.3 Å². The van der Waals surface area contributed by atoms with Gasteiger partial charge in [0.2, 0.25) is 5.91 Å². The van der Waals surface area contributed by atoms with Crippen molar-refractivity contribution < 1.29 is 9.90 Å². The van der Waals surface area contributed by atoms with Gasteiger partial charge in [0, 0.05) is 11.3 Å². The molecule has 0 aromatic heterocycles. The highest BCUT2D eigenvalue weighted by Gasteiger charge is 2.30. The van der Waals surface area contributed by atoms with Gasteiger partial charge in [-0.25, -0.2) is 0 Å². The summed E-state index contributed by atoms with van der Waals surface area (Å²) in [6, 6.07) is 9.65. The lowest BCUT2D eigenvalue weighted by Crippen LogP contribution is -2.37. The molecule has 1 fully saturated rings. The number of hydrogen-bond donors (Lipinski definition) is 2. The van der Waals surface area contributed by atoms with Gasteiger partial charge in [0.05, 0.1) is 12.0 Å². The van der Waals surface area contributed by atoms with Gasteiger partial charge in [0.15, 0.2) is 0 Å². The third-order valence-corrected chi connectivity index (χ3v) is 5.29. The van der Waals surface area contributed by atoms with Crippen LogP contribution in [0.25, 0.3) is 0 Å². The molecule has 1 aliphatic carbocycles. The molecule has 4 heteroatoms. The molecule has 0 bridgehead atoms. The molecule has 21 heavy (non-hydrogen) atoms. The number of aliphatic hydroxyl groups is 1. The minimum atomic E-state index is -1.11. The Morgan fingerprint density at radius 3 is 2.76 bits per heavy atom. The first kappa shape index (κ1) is 16.4. The Labute approximate surface area is 131 Å². The van der Waals surface area contributed by atoms with E-state index in [4.69, 9.17) is 0 Å². The summed E-state index contributed by atoms with van der Waals surface area (Å²) in [7, 11) is 0. The quantitative estimate of drug-likeness (QED) is 0.849. The van der Waals surface area contributed by atoms with E-state index in [9.17, 15) is 9.90 Å². The van der Waals surface area contributed by atoms with E-state index in [-0.39, 0.29) is 18.4 Å². The molecule has 3 unspecified atom stereocenters. The minimum absolute atomic E-state index is 0.0593. The van der Waals surface area contributed by atoms with Crippen molar-refractivity contribution >= 4 is 17.7 Å². The highest BCUT2D eigenvalue weighted by atomic mass is 32.2. The number of thioether (sulfide) groups is 1. The first-order valence-corrected chi connectivity index (χ1v) is 8.75. The summed E-state index contributed by atoms with van der Waals surface area (Å²) >= 11 is 1.98. The Bertz CT molecular complexity index is 461. The minimum Gasteiger partial charge on any atom is -0.385 e. The fourth-order valence-electron chi connectivity index (χ4n) is 2.95. The second-order valence-corrected chi connectivity index (χ2v) is 7.55. The Hall–Kier alpha value is -1.00. The third kappa shape index (κ3) is 4.75. The van der Waals surface area contributed by atoms with Gasteiger partial charge in [0.1, 0.15) is 0 Å². The topological polar surface area (TPSA) is 49.3 Å². The lowest BCUT2D eigenvalue weighted by Gasteiger charge is -2.24. The largest absolute Gasteiger partial charge is 0.385 e. The molecule has 2 N–H and O–H groups in total. The average molecular weight is 307 g/mol. The zero-order valence-corrected chi connectivity index (χ0v) is 13.7. The second kappa shape index (κ2) is 7.32. The van der Waals surface area contributed by atoms with Gasteiger partial charge in [-0.05, 0) is 37.5 Å². The van der Waals surface area contributed by atoms with Crippen molar-refractivity contribution in [3.63, 3.8) is 0 Å². The number of hydrogen-bond acceptors (Lipinski definition) is 3. The van der Waals surface area contributed by atoms with Gasteiger partial charge in [-0.2, -0.15) is 11.8 Å². The molecule has 0 spiro atoms. The molecule has 1 aromatic carbocycles. The molecule has 1 aliphatic rings. The van der Waals surface area contributed by atoms with Crippen molar-refractivity contribution in [2.75, 3.05) is 5.75 Å². The summed E-state index contributed by atoms with van der Waals surface area (Å²) in [6.45, 7) is 3.87. The van der Waals surface area contributed by atoms with Crippen LogP contribution < -0.4 is 5.32 Å². The number of rotatable bonds is 6. The van der Waals surface area contributed by atoms with Crippen molar-refractivity contribution in [2.24, 2.45) is 0 Å². The lowest BCUT2D eigenvalue weighted by atomic mass is 9.92. The number of benzene rings is 1. The molecular formula is C17H25NO2S. The summed E-state index contributed by atoms with van der Waals surface area (Å²) in [5.41, 5.74) is -0.326. The van der Waals surface area contributed by atoms with Crippen LogP contribution in [0.1, 0.15) is 45.1 Å². The zero-order valence-electron chi connectivity index (χ0n) is 12.8. The van der Waals surface area contributed by atoms with Gasteiger partial charge in [-0.3, -0.25) is 4.79 Å². The predicted octanol–water partition coefficient (Wildman–Crippen LogP) is 3.07. The number of carbonyl (C=O) groups is 1. The highest BCUT2D eigenvalue weighted by Crippen LogP contribution is 2.30. The summed E-state index contributed by atoms with van der Waals surface area (Å²) in [5, 5.41) is 14.3. The van der Waals surface area contributed by atoms with E-state index in [0.717, 1.165) is 24.2 Å². The average Bonchev–Trinajstić information content (AvgIpc) is 2.87. The Balaban J connectivity index is 1.85. The number of amides is 1. The summed E-state index contributed by atoms with van der Waals surface area (Å²) in [4.78, 5) is 12.2. The first-order valence-electron chi connectivity index (χ1n) is 7.70. The summed E-state index contributed by atoms with van der Waals surface area (Å²) in [5.74, 6) is 1.07. The third-order valence-electron chi connectivity index (χ3n) is 4.05. The molecule has 116 valence electrons. The molecule has 3 atom stereocenters. The number of carbonyl (C=O) groups excluding carboxylic acids is 1. The van der Waals surface area contributed by atoms with Crippen LogP contribution in [0.5, 0.6) is 0 Å². The van der Waals surface area contributed by atoms with E-state index in [2.05, 4.69) is 12.2 Å². The van der Waals surface area contributed by atoms with Crippen LogP contribution in [0, 0.1) is 0 Å². The van der Waals surface area contributed by atoms with E-state index >= 15 is 0 Å². The Morgan fingerprint density at radius 1 is 1.38 bits per heavy atom. The number of nitrogens with one attached hydrogen (secondary N) is 1. The lowest BCUT2D eigenvalue weighted by molar-refractivity contribution is -0.126. The second-order valence-electron chi connectivity index (χ2n) is 5.97. The molecule has 0 aliphatic heterocycles. The standard InChI is InChI=1S/C17H25NO2S/c1-3-21-15-10-9-14(11-15)18-16(19)12-17(2,20)13-7-5-4-6-8-13/h4-8,14-15,20H,3,9-12H2,1-2H3,(H,18,19). The van der Waals surface area contributed by atoms with Crippen LogP contribution in [-0.2, 0) is 10.4 Å². The van der Waals surface area contributed by atoms with Crippen molar-refractivity contribution in [3.05, 3.63) is 35.9 Å². The van der Waals surface area contributed by atoms with E-state index < -0.39 is 5.60 Å². The van der Waals surface area contributed by atoms with Crippen molar-refractivity contribution in [1.82, 2.24) is 5.32 Å². The first-order chi connectivity index (χ1) is 10.0. The molecule has 0 radical (unpaired) electrons. The summed E-state index contributed by atoms with van der Waals surface area (Å²) < 4.78 is 0. The monoisotopic (exact) mass is 307 g/mol. The Kier molecular flexibility index (Phi) is 5.71. The predicted molar refractivity (Wildman–Crippen MR) is 88.3 cm³/mol. The van der Waals surface area contributed by atoms with Gasteiger partial charge < -0.3 is 10.4 Å². The Morgan fingerprint density at radius 2 is 2.10 bits per heavy atom. The normalized spacial score (nSPS) is 24.5. The van der Waals surface area contributed by atoms with E-state index in [1.165, 1.54) is 6.42 Å². The van der Waals surface area contributed by atoms with Crippen molar-refractivity contribution in [2.45, 2.75) is 56.4 Å². The molecule has 1 amide bonds. The molecule has 1 aromatic rings. The van der Waals surface area contributed by atoms with E-state index in [1.54, 1.807) is 6.92 Å². The highest BCUT2D eigenvalue weighted by molar-refractivity contribution is 7.99. The fourth-order valence-corrected chi connectivity index (χ4v) is 4.09. The maximum atomic E-state index is 12.2. The van der Waals surface area contributed by atoms with Crippen LogP contribution in [0.2, 0.25) is 0 Å². The maximum absolute atomic E-state index is 12.2. The smallest absolute Gasteiger partial charge is 0.223 e. The SMILES string of the molecule is CCSC1CCC(NC(=O)CC(C)(O)c2ccccc2)C1. The van der Waals surface area contributed by atoms with Gasteiger partial charge in [-0.15, -0.1) is 0 Å². The van der Waals surface area contributed by atoms with Crippen LogP contribution >= 0.6 is 11.8 Å². The molecule has 2 rings (SSSR count). The molecule has 0 heterocycles. The van der Waals surface area contributed by atoms with Crippen LogP contribution in [-0.4, -0.2) is 28.1 Å². The van der Waals surface area contributed by atoms with Crippen LogP contribution in [0.4, 0.5) is 0 Å². The van der Waals surface area contributed by atoms with E-state index in [0.29, 0.717) is 5.25 Å². The van der Waals surface area contributed by atoms with Crippen LogP contribution in [0.15, 0.2) is 30.3 Å². The molecular weight excluding hydrogens is 282 g/mol. The molecule has 3 nitrogen and oxygen atoms in total. The zero-order chi connectivity index (χ0) is 15.3. The fraction of sp³-hybridized carbons (Fsp3) is 0.588. The van der Waals surface area contributed by atoms with Crippen molar-refractivity contribution in [3.8, 4) is 0 Å². The molecule has 0 saturated heterocycles. The van der Waals surface area contributed by atoms with Gasteiger partial charge in [0.25, 0.3) is 0 Å². The summed E-state index contributed by atoms with van der Waals surface area (Å²) in [6.07, 6.45) is 3.40. The van der Waals surface area contributed by atoms with Crippen molar-refractivity contribution in [1.29, 1.82) is 0 Å².